The molecule has 0 saturated heterocycles. The maximum atomic E-state index is 5.80. The molecule has 0 amide bonds. The molecule has 156 valence electrons. The van der Waals surface area contributed by atoms with Crippen molar-refractivity contribution in [2.75, 3.05) is 13.2 Å². The predicted molar refractivity (Wildman–Crippen MR) is 127 cm³/mol. The van der Waals surface area contributed by atoms with Crippen LogP contribution in [0.15, 0.2) is 97.1 Å². The van der Waals surface area contributed by atoms with Gasteiger partial charge in [-0.2, -0.15) is 5.10 Å². The molecule has 1 heterocycles. The second-order valence-corrected chi connectivity index (χ2v) is 7.43. The molecule has 0 aliphatic rings. The van der Waals surface area contributed by atoms with Crippen LogP contribution in [-0.2, 0) is 16.1 Å². The lowest BCUT2D eigenvalue weighted by Gasteiger charge is -2.07. The van der Waals surface area contributed by atoms with Gasteiger partial charge in [0.15, 0.2) is 0 Å². The lowest BCUT2D eigenvalue weighted by molar-refractivity contribution is 0.106. The zero-order valence-electron chi connectivity index (χ0n) is 17.2. The molecule has 0 fully saturated rings. The van der Waals surface area contributed by atoms with Crippen molar-refractivity contribution in [3.63, 3.8) is 0 Å². The van der Waals surface area contributed by atoms with Gasteiger partial charge in [0.05, 0.1) is 31.2 Å². The third kappa shape index (κ3) is 5.66. The molecule has 1 aromatic heterocycles. The van der Waals surface area contributed by atoms with Crippen LogP contribution in [0.5, 0.6) is 0 Å². The summed E-state index contributed by atoms with van der Waals surface area (Å²) in [5, 5.41) is 5.13. The van der Waals surface area contributed by atoms with E-state index < -0.39 is 0 Å². The van der Waals surface area contributed by atoms with Gasteiger partial charge >= 0.3 is 0 Å². The minimum Gasteiger partial charge on any atom is -0.482 e. The number of para-hydroxylation sites is 1. The van der Waals surface area contributed by atoms with E-state index in [1.165, 1.54) is 5.56 Å². The summed E-state index contributed by atoms with van der Waals surface area (Å²) < 4.78 is 13.4. The van der Waals surface area contributed by atoms with Gasteiger partial charge < -0.3 is 9.47 Å². The number of thiocarbonyl (C=S) groups is 1. The van der Waals surface area contributed by atoms with Gasteiger partial charge in [0.2, 0.25) is 5.05 Å². The maximum absolute atomic E-state index is 5.80. The number of hydrogen-bond acceptors (Lipinski definition) is 4. The van der Waals surface area contributed by atoms with E-state index in [0.717, 1.165) is 23.4 Å². The van der Waals surface area contributed by atoms with Gasteiger partial charge in [-0.15, -0.1) is 0 Å². The van der Waals surface area contributed by atoms with Crippen LogP contribution in [0.1, 0.15) is 17.7 Å². The average Bonchev–Trinajstić information content (AvgIpc) is 3.29. The van der Waals surface area contributed by atoms with Gasteiger partial charge in [-0.05, 0) is 36.0 Å². The maximum Gasteiger partial charge on any atom is 0.212 e. The summed E-state index contributed by atoms with van der Waals surface area (Å²) in [5.74, 6) is 0. The van der Waals surface area contributed by atoms with E-state index in [9.17, 15) is 0 Å². The van der Waals surface area contributed by atoms with Crippen molar-refractivity contribution in [1.29, 1.82) is 0 Å². The summed E-state index contributed by atoms with van der Waals surface area (Å²) >= 11 is 5.51. The van der Waals surface area contributed by atoms with Gasteiger partial charge in [0, 0.05) is 12.0 Å². The molecule has 5 heteroatoms. The van der Waals surface area contributed by atoms with E-state index >= 15 is 0 Å². The Morgan fingerprint density at radius 1 is 0.806 bits per heavy atom. The second kappa shape index (κ2) is 10.7. The third-order valence-electron chi connectivity index (χ3n) is 4.77. The fraction of sp³-hybridized carbons (Fsp3) is 0.154. The van der Waals surface area contributed by atoms with E-state index in [-0.39, 0.29) is 0 Å². The summed E-state index contributed by atoms with van der Waals surface area (Å²) in [6.07, 6.45) is 0.762. The van der Waals surface area contributed by atoms with Crippen molar-refractivity contribution in [3.8, 4) is 16.9 Å². The molecule has 0 aliphatic carbocycles. The normalized spacial score (nSPS) is 10.7. The van der Waals surface area contributed by atoms with Gasteiger partial charge in [0.25, 0.3) is 0 Å². The Kier molecular flexibility index (Phi) is 7.21. The van der Waals surface area contributed by atoms with Crippen LogP contribution in [0.4, 0.5) is 0 Å². The Morgan fingerprint density at radius 2 is 1.45 bits per heavy atom. The summed E-state index contributed by atoms with van der Waals surface area (Å²) in [7, 11) is 0. The largest absolute Gasteiger partial charge is 0.482 e. The first-order chi connectivity index (χ1) is 15.3. The smallest absolute Gasteiger partial charge is 0.212 e. The number of ether oxygens (including phenoxy) is 2. The zero-order chi connectivity index (χ0) is 21.3. The van der Waals surface area contributed by atoms with E-state index in [4.69, 9.17) is 26.8 Å². The highest BCUT2D eigenvalue weighted by molar-refractivity contribution is 7.80. The van der Waals surface area contributed by atoms with Crippen molar-refractivity contribution in [1.82, 2.24) is 9.78 Å². The first-order valence-corrected chi connectivity index (χ1v) is 10.7. The molecule has 4 aromatic rings. The first kappa shape index (κ1) is 21.0. The highest BCUT2D eigenvalue weighted by Gasteiger charge is 2.15. The number of aromatic nitrogens is 2. The van der Waals surface area contributed by atoms with E-state index in [0.29, 0.717) is 30.6 Å². The molecule has 0 N–H and O–H groups in total. The number of hydrogen-bond donors (Lipinski definition) is 0. The van der Waals surface area contributed by atoms with Crippen LogP contribution >= 0.6 is 12.2 Å². The van der Waals surface area contributed by atoms with Crippen molar-refractivity contribution < 1.29 is 9.47 Å². The first-order valence-electron chi connectivity index (χ1n) is 10.3. The lowest BCUT2D eigenvalue weighted by atomic mass is 10.1. The minimum absolute atomic E-state index is 0.398. The summed E-state index contributed by atoms with van der Waals surface area (Å²) in [4.78, 5) is 0. The Bertz CT molecular complexity index is 1040. The van der Waals surface area contributed by atoms with Crippen molar-refractivity contribution in [2.24, 2.45) is 0 Å². The van der Waals surface area contributed by atoms with Gasteiger partial charge in [-0.25, -0.2) is 4.68 Å². The average molecular weight is 429 g/mol. The van der Waals surface area contributed by atoms with E-state index in [1.807, 2.05) is 77.5 Å². The molecule has 4 rings (SSSR count). The van der Waals surface area contributed by atoms with Crippen LogP contribution in [0.25, 0.3) is 16.9 Å². The second-order valence-electron chi connectivity index (χ2n) is 7.06. The van der Waals surface area contributed by atoms with Crippen LogP contribution < -0.4 is 0 Å². The number of nitrogens with zero attached hydrogens (tertiary/aromatic N) is 2. The molecule has 0 bridgehead atoms. The Labute approximate surface area is 188 Å². The molecule has 0 atom stereocenters. The fourth-order valence-electron chi connectivity index (χ4n) is 3.23. The monoisotopic (exact) mass is 428 g/mol. The molecule has 0 saturated carbocycles. The highest BCUT2D eigenvalue weighted by Crippen LogP contribution is 2.24. The quantitative estimate of drug-likeness (QED) is 0.248. The van der Waals surface area contributed by atoms with Crippen LogP contribution in [0.2, 0.25) is 0 Å². The van der Waals surface area contributed by atoms with Crippen LogP contribution in [0.3, 0.4) is 0 Å². The van der Waals surface area contributed by atoms with Gasteiger partial charge in [-0.3, -0.25) is 0 Å². The molecule has 0 spiro atoms. The lowest BCUT2D eigenvalue weighted by Crippen LogP contribution is -2.09. The van der Waals surface area contributed by atoms with Crippen molar-refractivity contribution in [3.05, 3.63) is 108 Å². The van der Waals surface area contributed by atoms with Crippen LogP contribution in [0, 0.1) is 0 Å². The molecule has 31 heavy (non-hydrogen) atoms. The molecule has 0 aliphatic heterocycles. The SMILES string of the molecule is S=C(OCCCOCc1ccccc1)c1cc(-c2ccccc2)n(-c2ccccc2)n1. The summed E-state index contributed by atoms with van der Waals surface area (Å²) in [6, 6.07) is 32.3. The zero-order valence-corrected chi connectivity index (χ0v) is 18.0. The number of benzene rings is 3. The Hall–Kier alpha value is -3.28. The molecule has 3 aromatic carbocycles. The van der Waals surface area contributed by atoms with Crippen molar-refractivity contribution >= 4 is 17.3 Å². The van der Waals surface area contributed by atoms with E-state index in [1.54, 1.807) is 0 Å². The third-order valence-corrected chi connectivity index (χ3v) is 5.09. The molecular weight excluding hydrogens is 404 g/mol. The Morgan fingerprint density at radius 3 is 2.16 bits per heavy atom. The summed E-state index contributed by atoms with van der Waals surface area (Å²) in [5.41, 5.74) is 4.84. The standard InChI is InChI=1S/C26H24N2O2S/c31-26(30-18-10-17-29-20-21-11-4-1-5-12-21)24-19-25(22-13-6-2-7-14-22)28(27-24)23-15-8-3-9-16-23/h1-9,11-16,19H,10,17-18,20H2. The summed E-state index contributed by atoms with van der Waals surface area (Å²) in [6.45, 7) is 1.71. The van der Waals surface area contributed by atoms with Crippen LogP contribution in [-0.4, -0.2) is 28.0 Å². The van der Waals surface area contributed by atoms with E-state index in [2.05, 4.69) is 24.3 Å². The molecule has 0 radical (unpaired) electrons. The molecule has 0 unspecified atom stereocenters. The molecular formula is C26H24N2O2S. The topological polar surface area (TPSA) is 36.3 Å². The Balaban J connectivity index is 1.37. The van der Waals surface area contributed by atoms with Gasteiger partial charge in [-0.1, -0.05) is 78.9 Å². The van der Waals surface area contributed by atoms with Gasteiger partial charge in [0.1, 0.15) is 5.69 Å². The predicted octanol–water partition coefficient (Wildman–Crippen LogP) is 5.84. The highest BCUT2D eigenvalue weighted by atomic mass is 32.1. The van der Waals surface area contributed by atoms with Crippen molar-refractivity contribution in [2.45, 2.75) is 13.0 Å². The molecule has 4 nitrogen and oxygen atoms in total. The number of rotatable bonds is 9. The minimum atomic E-state index is 0.398. The fourth-order valence-corrected chi connectivity index (χ4v) is 3.41.